The van der Waals surface area contributed by atoms with Crippen LogP contribution in [0.15, 0.2) is 30.6 Å². The van der Waals surface area contributed by atoms with Crippen molar-refractivity contribution in [3.05, 3.63) is 36.4 Å². The van der Waals surface area contributed by atoms with Crippen LogP contribution in [0.1, 0.15) is 0 Å². The molecule has 1 aliphatic rings. The van der Waals surface area contributed by atoms with Gasteiger partial charge in [0.2, 0.25) is 0 Å². The van der Waals surface area contributed by atoms with Crippen LogP contribution in [-0.2, 0) is 4.74 Å². The lowest BCUT2D eigenvalue weighted by atomic mass is 10.3. The SMILES string of the molecule is Nc1c(NCCN2CCOCC2)ncnc1Nc1ccc(F)cc1. The van der Waals surface area contributed by atoms with Gasteiger partial charge in [0.05, 0.1) is 13.2 Å². The van der Waals surface area contributed by atoms with E-state index in [0.717, 1.165) is 39.4 Å². The molecule has 1 aliphatic heterocycles. The zero-order chi connectivity index (χ0) is 16.8. The molecule has 0 aliphatic carbocycles. The fraction of sp³-hybridized carbons (Fsp3) is 0.375. The van der Waals surface area contributed by atoms with E-state index in [1.807, 2.05) is 0 Å². The van der Waals surface area contributed by atoms with Gasteiger partial charge in [-0.05, 0) is 24.3 Å². The minimum absolute atomic E-state index is 0.290. The predicted molar refractivity (Wildman–Crippen MR) is 91.9 cm³/mol. The highest BCUT2D eigenvalue weighted by molar-refractivity contribution is 5.77. The summed E-state index contributed by atoms with van der Waals surface area (Å²) in [6.45, 7) is 5.07. The molecule has 0 radical (unpaired) electrons. The number of nitrogens with zero attached hydrogens (tertiary/aromatic N) is 3. The molecule has 2 aromatic rings. The van der Waals surface area contributed by atoms with Crippen LogP contribution in [0.2, 0.25) is 0 Å². The predicted octanol–water partition coefficient (Wildman–Crippen LogP) is 1.69. The normalized spacial score (nSPS) is 15.2. The Bertz CT molecular complexity index is 660. The molecule has 1 fully saturated rings. The number of hydrogen-bond donors (Lipinski definition) is 3. The van der Waals surface area contributed by atoms with Crippen LogP contribution in [0, 0.1) is 5.82 Å². The van der Waals surface area contributed by atoms with Crippen LogP contribution >= 0.6 is 0 Å². The number of ether oxygens (including phenoxy) is 1. The van der Waals surface area contributed by atoms with E-state index in [0.29, 0.717) is 23.0 Å². The smallest absolute Gasteiger partial charge is 0.159 e. The molecule has 1 aromatic heterocycles. The van der Waals surface area contributed by atoms with E-state index in [1.165, 1.54) is 18.5 Å². The monoisotopic (exact) mass is 332 g/mol. The largest absolute Gasteiger partial charge is 0.393 e. The summed E-state index contributed by atoms with van der Waals surface area (Å²) < 4.78 is 18.3. The molecule has 8 heteroatoms. The fourth-order valence-electron chi connectivity index (χ4n) is 2.46. The van der Waals surface area contributed by atoms with Gasteiger partial charge < -0.3 is 21.1 Å². The van der Waals surface area contributed by atoms with Crippen molar-refractivity contribution in [2.45, 2.75) is 0 Å². The van der Waals surface area contributed by atoms with Crippen molar-refractivity contribution in [2.75, 3.05) is 55.8 Å². The molecular formula is C16H21FN6O. The highest BCUT2D eigenvalue weighted by Crippen LogP contribution is 2.25. The molecule has 1 aromatic carbocycles. The standard InChI is InChI=1S/C16H21FN6O/c17-12-1-3-13(4-2-12)22-16-14(18)15(20-11-21-16)19-5-6-23-7-9-24-10-8-23/h1-4,11H,5-10,18H2,(H2,19,20,21,22). The minimum Gasteiger partial charge on any atom is -0.393 e. The van der Waals surface area contributed by atoms with Crippen molar-refractivity contribution in [3.8, 4) is 0 Å². The lowest BCUT2D eigenvalue weighted by Crippen LogP contribution is -2.39. The minimum atomic E-state index is -0.290. The third-order valence-corrected chi connectivity index (χ3v) is 3.82. The number of halogens is 1. The quantitative estimate of drug-likeness (QED) is 0.742. The van der Waals surface area contributed by atoms with Gasteiger partial charge in [-0.15, -0.1) is 0 Å². The Morgan fingerprint density at radius 1 is 1.12 bits per heavy atom. The van der Waals surface area contributed by atoms with E-state index < -0.39 is 0 Å². The average molecular weight is 332 g/mol. The van der Waals surface area contributed by atoms with Crippen molar-refractivity contribution >= 4 is 23.0 Å². The second-order valence-corrected chi connectivity index (χ2v) is 5.50. The summed E-state index contributed by atoms with van der Waals surface area (Å²) in [5.41, 5.74) is 7.27. The van der Waals surface area contributed by atoms with Gasteiger partial charge in [-0.25, -0.2) is 14.4 Å². The molecule has 0 atom stereocenters. The number of nitrogen functional groups attached to an aromatic ring is 1. The Labute approximate surface area is 140 Å². The summed E-state index contributed by atoms with van der Waals surface area (Å²) in [7, 11) is 0. The van der Waals surface area contributed by atoms with Gasteiger partial charge in [-0.3, -0.25) is 4.90 Å². The van der Waals surface area contributed by atoms with E-state index in [-0.39, 0.29) is 5.82 Å². The third kappa shape index (κ3) is 4.30. The second-order valence-electron chi connectivity index (χ2n) is 5.50. The molecular weight excluding hydrogens is 311 g/mol. The average Bonchev–Trinajstić information content (AvgIpc) is 2.61. The van der Waals surface area contributed by atoms with E-state index in [1.54, 1.807) is 12.1 Å². The number of benzene rings is 1. The summed E-state index contributed by atoms with van der Waals surface area (Å²) in [4.78, 5) is 10.7. The maximum atomic E-state index is 13.0. The van der Waals surface area contributed by atoms with E-state index in [2.05, 4.69) is 25.5 Å². The van der Waals surface area contributed by atoms with Crippen LogP contribution in [0.5, 0.6) is 0 Å². The van der Waals surface area contributed by atoms with E-state index in [4.69, 9.17) is 10.5 Å². The molecule has 4 N–H and O–H groups in total. The molecule has 0 unspecified atom stereocenters. The summed E-state index contributed by atoms with van der Waals surface area (Å²) in [6, 6.07) is 6.01. The van der Waals surface area contributed by atoms with E-state index in [9.17, 15) is 4.39 Å². The molecule has 3 rings (SSSR count). The molecule has 2 heterocycles. The Morgan fingerprint density at radius 3 is 2.58 bits per heavy atom. The van der Waals surface area contributed by atoms with Gasteiger partial charge in [-0.2, -0.15) is 0 Å². The Balaban J connectivity index is 1.59. The molecule has 1 saturated heterocycles. The Morgan fingerprint density at radius 2 is 1.83 bits per heavy atom. The zero-order valence-corrected chi connectivity index (χ0v) is 13.3. The highest BCUT2D eigenvalue weighted by Gasteiger charge is 2.11. The first-order valence-corrected chi connectivity index (χ1v) is 7.89. The van der Waals surface area contributed by atoms with Crippen molar-refractivity contribution in [1.82, 2.24) is 14.9 Å². The van der Waals surface area contributed by atoms with Crippen molar-refractivity contribution in [2.24, 2.45) is 0 Å². The number of hydrogen-bond acceptors (Lipinski definition) is 7. The number of aromatic nitrogens is 2. The van der Waals surface area contributed by atoms with Gasteiger partial charge in [0, 0.05) is 31.9 Å². The van der Waals surface area contributed by atoms with Crippen LogP contribution in [-0.4, -0.2) is 54.3 Å². The van der Waals surface area contributed by atoms with Crippen LogP contribution in [0.3, 0.4) is 0 Å². The molecule has 128 valence electrons. The topological polar surface area (TPSA) is 88.3 Å². The molecule has 24 heavy (non-hydrogen) atoms. The first kappa shape index (κ1) is 16.4. The zero-order valence-electron chi connectivity index (χ0n) is 13.3. The maximum Gasteiger partial charge on any atom is 0.159 e. The van der Waals surface area contributed by atoms with E-state index >= 15 is 0 Å². The second kappa shape index (κ2) is 7.89. The number of morpholine rings is 1. The molecule has 0 amide bonds. The number of rotatable bonds is 6. The van der Waals surface area contributed by atoms with Gasteiger partial charge in [0.25, 0.3) is 0 Å². The van der Waals surface area contributed by atoms with Crippen LogP contribution < -0.4 is 16.4 Å². The molecule has 0 bridgehead atoms. The lowest BCUT2D eigenvalue weighted by molar-refractivity contribution is 0.0398. The van der Waals surface area contributed by atoms with Crippen molar-refractivity contribution in [1.29, 1.82) is 0 Å². The first-order valence-electron chi connectivity index (χ1n) is 7.89. The molecule has 0 spiro atoms. The van der Waals surface area contributed by atoms with Crippen molar-refractivity contribution < 1.29 is 9.13 Å². The van der Waals surface area contributed by atoms with Crippen LogP contribution in [0.4, 0.5) is 27.4 Å². The summed E-state index contributed by atoms with van der Waals surface area (Å²) in [5.74, 6) is 0.787. The maximum absolute atomic E-state index is 13.0. The van der Waals surface area contributed by atoms with Crippen molar-refractivity contribution in [3.63, 3.8) is 0 Å². The number of nitrogens with one attached hydrogen (secondary N) is 2. The summed E-state index contributed by atoms with van der Waals surface area (Å²) >= 11 is 0. The summed E-state index contributed by atoms with van der Waals surface area (Å²) in [6.07, 6.45) is 1.44. The Kier molecular flexibility index (Phi) is 5.39. The van der Waals surface area contributed by atoms with Gasteiger partial charge in [0.1, 0.15) is 17.8 Å². The number of nitrogens with two attached hydrogens (primary N) is 1. The molecule has 7 nitrogen and oxygen atoms in total. The highest BCUT2D eigenvalue weighted by atomic mass is 19.1. The summed E-state index contributed by atoms with van der Waals surface area (Å²) in [5, 5.41) is 6.31. The van der Waals surface area contributed by atoms with Gasteiger partial charge in [-0.1, -0.05) is 0 Å². The van der Waals surface area contributed by atoms with Crippen LogP contribution in [0.25, 0.3) is 0 Å². The lowest BCUT2D eigenvalue weighted by Gasteiger charge is -2.26. The fourth-order valence-corrected chi connectivity index (χ4v) is 2.46. The third-order valence-electron chi connectivity index (χ3n) is 3.82. The molecule has 0 saturated carbocycles. The Hall–Kier alpha value is -2.45. The number of anilines is 4. The first-order chi connectivity index (χ1) is 11.7. The van der Waals surface area contributed by atoms with Gasteiger partial charge in [0.15, 0.2) is 11.6 Å². The van der Waals surface area contributed by atoms with Gasteiger partial charge >= 0.3 is 0 Å².